The molecule has 0 aliphatic carbocycles. The number of aliphatic hydroxyl groups excluding tert-OH is 1. The Morgan fingerprint density at radius 1 is 1.18 bits per heavy atom. The molecule has 0 saturated heterocycles. The molecule has 0 saturated carbocycles. The molecule has 0 aromatic heterocycles. The summed E-state index contributed by atoms with van der Waals surface area (Å²) in [5.41, 5.74) is 0. The van der Waals surface area contributed by atoms with Crippen LogP contribution in [-0.4, -0.2) is 34.4 Å². The number of aliphatic carboxylic acids is 1. The number of hydrogen-bond acceptors (Lipinski definition) is 4. The van der Waals surface area contributed by atoms with Gasteiger partial charge in [-0.05, 0) is 0 Å². The van der Waals surface area contributed by atoms with Gasteiger partial charge < -0.3 is 10.2 Å². The standard InChI is InChI=1S/C5H6O5.Mo/c6-2-3(7)1-4(8)5(9)10;/h6H,1-2H2,(H,9,10);. The summed E-state index contributed by atoms with van der Waals surface area (Å²) < 4.78 is 0. The molecular formula is C5H6MoO5. The average molecular weight is 242 g/mol. The molecule has 0 amide bonds. The molecule has 6 heteroatoms. The first-order chi connectivity index (χ1) is 4.57. The van der Waals surface area contributed by atoms with E-state index in [0.717, 1.165) is 0 Å². The number of carbonyl (C=O) groups excluding carboxylic acids is 2. The number of carboxylic acids is 1. The minimum atomic E-state index is -1.65. The van der Waals surface area contributed by atoms with Gasteiger partial charge in [0.1, 0.15) is 6.61 Å². The van der Waals surface area contributed by atoms with Crippen LogP contribution in [0.3, 0.4) is 0 Å². The number of rotatable bonds is 4. The molecular weight excluding hydrogens is 236 g/mol. The van der Waals surface area contributed by atoms with E-state index in [1.165, 1.54) is 0 Å². The molecule has 0 heterocycles. The van der Waals surface area contributed by atoms with Crippen LogP contribution in [0.5, 0.6) is 0 Å². The monoisotopic (exact) mass is 244 g/mol. The summed E-state index contributed by atoms with van der Waals surface area (Å²) in [6.45, 7) is -0.793. The third kappa shape index (κ3) is 5.88. The maximum atomic E-state index is 10.2. The third-order valence-corrected chi connectivity index (χ3v) is 0.773. The van der Waals surface area contributed by atoms with Gasteiger partial charge in [0.05, 0.1) is 6.42 Å². The van der Waals surface area contributed by atoms with Crippen LogP contribution in [-0.2, 0) is 35.4 Å². The topological polar surface area (TPSA) is 91.7 Å². The van der Waals surface area contributed by atoms with Crippen molar-refractivity contribution in [1.29, 1.82) is 0 Å². The Hall–Kier alpha value is -0.542. The van der Waals surface area contributed by atoms with Gasteiger partial charge in [0.25, 0.3) is 0 Å². The Labute approximate surface area is 76.7 Å². The zero-order chi connectivity index (χ0) is 8.15. The van der Waals surface area contributed by atoms with Crippen molar-refractivity contribution in [3.05, 3.63) is 0 Å². The summed E-state index contributed by atoms with van der Waals surface area (Å²) >= 11 is 0. The van der Waals surface area contributed by atoms with E-state index in [-0.39, 0.29) is 21.1 Å². The summed E-state index contributed by atoms with van der Waals surface area (Å²) in [6.07, 6.45) is -0.730. The second kappa shape index (κ2) is 6.19. The molecule has 0 unspecified atom stereocenters. The van der Waals surface area contributed by atoms with Gasteiger partial charge in [0.15, 0.2) is 5.78 Å². The Balaban J connectivity index is 0. The van der Waals surface area contributed by atoms with Gasteiger partial charge in [-0.1, -0.05) is 0 Å². The van der Waals surface area contributed by atoms with E-state index < -0.39 is 30.6 Å². The van der Waals surface area contributed by atoms with E-state index >= 15 is 0 Å². The van der Waals surface area contributed by atoms with Crippen molar-refractivity contribution in [3.63, 3.8) is 0 Å². The van der Waals surface area contributed by atoms with Gasteiger partial charge >= 0.3 is 5.97 Å². The van der Waals surface area contributed by atoms with E-state index in [2.05, 4.69) is 0 Å². The second-order valence-electron chi connectivity index (χ2n) is 1.60. The first-order valence-corrected chi connectivity index (χ1v) is 2.46. The summed E-state index contributed by atoms with van der Waals surface area (Å²) in [5.74, 6) is -3.63. The van der Waals surface area contributed by atoms with Crippen LogP contribution in [0.4, 0.5) is 0 Å². The van der Waals surface area contributed by atoms with Crippen LogP contribution in [0, 0.1) is 0 Å². The SMILES string of the molecule is O=C(CO)CC(=O)C(=O)O.[Mo]. The normalized spacial score (nSPS) is 8.09. The van der Waals surface area contributed by atoms with Crippen molar-refractivity contribution >= 4 is 17.5 Å². The molecule has 0 aromatic rings. The summed E-state index contributed by atoms with van der Waals surface area (Å²) in [5, 5.41) is 16.0. The van der Waals surface area contributed by atoms with Crippen LogP contribution < -0.4 is 0 Å². The molecule has 0 fully saturated rings. The zero-order valence-corrected chi connectivity index (χ0v) is 7.45. The fourth-order valence-electron chi connectivity index (χ4n) is 0.311. The average Bonchev–Trinajstić information content (AvgIpc) is 1.87. The number of ketones is 2. The molecule has 0 atom stereocenters. The molecule has 0 spiro atoms. The van der Waals surface area contributed by atoms with Gasteiger partial charge in [-0.15, -0.1) is 0 Å². The number of carbonyl (C=O) groups is 3. The molecule has 11 heavy (non-hydrogen) atoms. The van der Waals surface area contributed by atoms with Crippen molar-refractivity contribution in [2.75, 3.05) is 6.61 Å². The van der Waals surface area contributed by atoms with Gasteiger partial charge in [0.2, 0.25) is 5.78 Å². The van der Waals surface area contributed by atoms with Gasteiger partial charge in [-0.25, -0.2) is 4.79 Å². The van der Waals surface area contributed by atoms with E-state index in [1.54, 1.807) is 0 Å². The van der Waals surface area contributed by atoms with Crippen molar-refractivity contribution < 1.29 is 45.7 Å². The van der Waals surface area contributed by atoms with Crippen molar-refractivity contribution in [3.8, 4) is 0 Å². The Morgan fingerprint density at radius 2 is 1.64 bits per heavy atom. The summed E-state index contributed by atoms with van der Waals surface area (Å²) in [4.78, 5) is 30.1. The maximum absolute atomic E-state index is 10.2. The molecule has 62 valence electrons. The Bertz CT molecular complexity index is 176. The van der Waals surface area contributed by atoms with Crippen LogP contribution in [0.15, 0.2) is 0 Å². The Morgan fingerprint density at radius 3 is 1.91 bits per heavy atom. The maximum Gasteiger partial charge on any atom is 0.372 e. The summed E-state index contributed by atoms with van der Waals surface area (Å²) in [7, 11) is 0. The second-order valence-corrected chi connectivity index (χ2v) is 1.60. The molecule has 0 aromatic carbocycles. The third-order valence-electron chi connectivity index (χ3n) is 0.773. The van der Waals surface area contributed by atoms with Gasteiger partial charge in [-0.3, -0.25) is 9.59 Å². The molecule has 2 N–H and O–H groups in total. The number of Topliss-reactive ketones (excluding diaryl/α,β-unsaturated/α-hetero) is 2. The fourth-order valence-corrected chi connectivity index (χ4v) is 0.311. The predicted molar refractivity (Wildman–Crippen MR) is 29.4 cm³/mol. The van der Waals surface area contributed by atoms with Crippen LogP contribution in [0.2, 0.25) is 0 Å². The van der Waals surface area contributed by atoms with Gasteiger partial charge in [0, 0.05) is 21.1 Å². The van der Waals surface area contributed by atoms with Crippen LogP contribution in [0.25, 0.3) is 0 Å². The van der Waals surface area contributed by atoms with E-state index in [0.29, 0.717) is 0 Å². The smallest absolute Gasteiger partial charge is 0.372 e. The van der Waals surface area contributed by atoms with Crippen LogP contribution in [0.1, 0.15) is 6.42 Å². The number of hydrogen-bond donors (Lipinski definition) is 2. The molecule has 0 aliphatic heterocycles. The minimum Gasteiger partial charge on any atom is -0.475 e. The molecule has 0 radical (unpaired) electrons. The summed E-state index contributed by atoms with van der Waals surface area (Å²) in [6, 6.07) is 0. The van der Waals surface area contributed by atoms with Crippen molar-refractivity contribution in [1.82, 2.24) is 0 Å². The van der Waals surface area contributed by atoms with Crippen LogP contribution >= 0.6 is 0 Å². The zero-order valence-electron chi connectivity index (χ0n) is 5.44. The van der Waals surface area contributed by atoms with Crippen molar-refractivity contribution in [2.24, 2.45) is 0 Å². The van der Waals surface area contributed by atoms with Gasteiger partial charge in [-0.2, -0.15) is 0 Å². The minimum absolute atomic E-state index is 0. The quantitative estimate of drug-likeness (QED) is 0.359. The van der Waals surface area contributed by atoms with Crippen molar-refractivity contribution in [2.45, 2.75) is 6.42 Å². The first kappa shape index (κ1) is 13.1. The van der Waals surface area contributed by atoms with E-state index in [4.69, 9.17) is 10.2 Å². The van der Waals surface area contributed by atoms with E-state index in [1.807, 2.05) is 0 Å². The largest absolute Gasteiger partial charge is 0.475 e. The Kier molecular flexibility index (Phi) is 7.36. The molecule has 0 aliphatic rings. The first-order valence-electron chi connectivity index (χ1n) is 2.46. The molecule has 5 nitrogen and oxygen atoms in total. The number of carboxylic acid groups (broad SMARTS) is 1. The molecule has 0 bridgehead atoms. The molecule has 0 rings (SSSR count). The predicted octanol–water partition coefficient (Wildman–Crippen LogP) is -1.41. The fraction of sp³-hybridized carbons (Fsp3) is 0.400. The van der Waals surface area contributed by atoms with E-state index in [9.17, 15) is 14.4 Å². The number of aliphatic hydroxyl groups is 1.